The van der Waals surface area contributed by atoms with Crippen LogP contribution in [0.2, 0.25) is 0 Å². The van der Waals surface area contributed by atoms with Crippen molar-refractivity contribution in [2.24, 2.45) is 0 Å². The fourth-order valence-electron chi connectivity index (χ4n) is 0.390. The van der Waals surface area contributed by atoms with Gasteiger partial charge in [-0.05, 0) is 75.5 Å². The Morgan fingerprint density at radius 3 is 2.39 bits per heavy atom. The fraction of sp³-hybridized carbons (Fsp3) is 1.00. The maximum atomic E-state index is 8.64. The van der Waals surface area contributed by atoms with Gasteiger partial charge in [0.15, 0.2) is 0 Å². The molecule has 0 aliphatic heterocycles. The van der Waals surface area contributed by atoms with E-state index in [9.17, 15) is 0 Å². The molecule has 0 radical (unpaired) electrons. The predicted molar refractivity (Wildman–Crippen MR) is 116 cm³/mol. The molecule has 0 saturated heterocycles. The number of hydrogen-bond donors (Lipinski definition) is 1. The maximum absolute atomic E-state index is 8.64. The highest BCUT2D eigenvalue weighted by atomic mass is 34.0. The molecule has 1 unspecified atom stereocenters. The molecule has 1 atom stereocenters. The highest BCUT2D eigenvalue weighted by Crippen LogP contribution is 2.45. The first-order chi connectivity index (χ1) is 8.44. The number of hydrogen-bond acceptors (Lipinski definition) is 10. The molecule has 0 aliphatic carbocycles. The van der Waals surface area contributed by atoms with Crippen molar-refractivity contribution in [1.82, 2.24) is 0 Å². The smallest absolute Gasteiger partial charge is 0.0866 e. The van der Waals surface area contributed by atoms with E-state index in [0.29, 0.717) is 17.7 Å². The molecule has 2 nitrogen and oxygen atoms in total. The third kappa shape index (κ3) is 11.2. The lowest BCUT2D eigenvalue weighted by Crippen LogP contribution is -2.04. The topological polar surface area (TPSA) is 29.5 Å². The minimum absolute atomic E-state index is 0.555. The normalized spacial score (nSPS) is 13.0. The van der Waals surface area contributed by atoms with E-state index >= 15 is 0 Å². The van der Waals surface area contributed by atoms with Gasteiger partial charge < -0.3 is 8.74 Å². The molecule has 0 aromatic rings. The minimum atomic E-state index is -1.80. The van der Waals surface area contributed by atoms with Crippen LogP contribution in [-0.2, 0) is 87.2 Å². The lowest BCUT2D eigenvalue weighted by Gasteiger charge is -2.10. The Hall–Kier alpha value is 3.56. The third-order valence-corrected chi connectivity index (χ3v) is 32.1. The lowest BCUT2D eigenvalue weighted by atomic mass is 10.5. The predicted octanol–water partition coefficient (Wildman–Crippen LogP) is 3.46. The van der Waals surface area contributed by atoms with Gasteiger partial charge >= 0.3 is 0 Å². The van der Waals surface area contributed by atoms with Crippen LogP contribution in [0.15, 0.2) is 0 Å². The van der Waals surface area contributed by atoms with Crippen LogP contribution < -0.4 is 0 Å². The first kappa shape index (κ1) is 21.6. The molecule has 0 spiro atoms. The molecular weight excluding hydrogens is 485 g/mol. The van der Waals surface area contributed by atoms with E-state index in [-0.39, 0.29) is 0 Å². The third-order valence-electron chi connectivity index (χ3n) is 0.859. The fourth-order valence-corrected chi connectivity index (χ4v) is 36.1. The van der Waals surface area contributed by atoms with Gasteiger partial charge in [-0.2, -0.15) is 0 Å². The summed E-state index contributed by atoms with van der Waals surface area (Å²) in [5.41, 5.74) is 0. The molecule has 0 heterocycles. The van der Waals surface area contributed by atoms with Gasteiger partial charge in [-0.25, -0.2) is 0 Å². The second kappa shape index (κ2) is 13.0. The van der Waals surface area contributed by atoms with E-state index < -0.39 is 20.6 Å². The van der Waals surface area contributed by atoms with E-state index in [4.69, 9.17) is 53.5 Å². The van der Waals surface area contributed by atoms with Crippen LogP contribution >= 0.6 is 40.6 Å². The highest BCUT2D eigenvalue weighted by molar-refractivity contribution is 9.47. The standard InChI is InChI=1S/C3H8O2S13/c1-2-3-5-16(13-14-17(6)7)18(8,9)15-12-11-10-4/h4H,2-3H2,1H3. The van der Waals surface area contributed by atoms with E-state index in [1.807, 2.05) is 6.92 Å². The molecule has 0 fully saturated rings. The molecule has 0 aromatic heterocycles. The summed E-state index contributed by atoms with van der Waals surface area (Å²) >= 11 is 21.5. The van der Waals surface area contributed by atoms with Gasteiger partial charge in [0.05, 0.1) is 26.4 Å². The van der Waals surface area contributed by atoms with Gasteiger partial charge in [0.1, 0.15) is 0 Å². The molecule has 0 aliphatic rings. The Morgan fingerprint density at radius 2 is 1.89 bits per heavy atom. The van der Waals surface area contributed by atoms with Crippen LogP contribution in [-0.4, -0.2) is 11.2 Å². The SMILES string of the molecule is CCCOS(=S=S=S(=S)=S)S(=S)(=S)SSSSO. The van der Waals surface area contributed by atoms with Crippen LogP contribution in [0, 0.1) is 0 Å². The summed E-state index contributed by atoms with van der Waals surface area (Å²) in [5, 5.41) is -1.80. The Kier molecular flexibility index (Phi) is 15.6. The average Bonchev–Trinajstić information content (AvgIpc) is 2.28. The summed E-state index contributed by atoms with van der Waals surface area (Å²) in [5.74, 6) is 0. The van der Waals surface area contributed by atoms with Gasteiger partial charge in [-0.1, -0.05) is 6.92 Å². The highest BCUT2D eigenvalue weighted by Gasteiger charge is 2.11. The van der Waals surface area contributed by atoms with Crippen molar-refractivity contribution >= 4 is 124 Å². The van der Waals surface area contributed by atoms with E-state index in [2.05, 4.69) is 0 Å². The van der Waals surface area contributed by atoms with Gasteiger partial charge in [0.25, 0.3) is 0 Å². The zero-order valence-corrected chi connectivity index (χ0v) is 19.2. The summed E-state index contributed by atoms with van der Waals surface area (Å²) in [6, 6.07) is 0. The van der Waals surface area contributed by atoms with Crippen molar-refractivity contribution in [3.63, 3.8) is 0 Å². The zero-order chi connectivity index (χ0) is 14.0. The van der Waals surface area contributed by atoms with Crippen molar-refractivity contribution < 1.29 is 8.74 Å². The summed E-state index contributed by atoms with van der Waals surface area (Å²) in [6.45, 7) is 2.11. The molecule has 110 valence electrons. The molecule has 0 amide bonds. The second-order valence-electron chi connectivity index (χ2n) is 2.05. The Balaban J connectivity index is 5.21. The summed E-state index contributed by atoms with van der Waals surface area (Å²) in [6.07, 6.45) is 0.918. The maximum Gasteiger partial charge on any atom is 0.0866 e. The Labute approximate surface area is 150 Å². The molecular formula is C3H8O2S13. The quantitative estimate of drug-likeness (QED) is 0.309. The summed E-state index contributed by atoms with van der Waals surface area (Å²) in [4.78, 5) is 0. The molecule has 0 aromatic carbocycles. The lowest BCUT2D eigenvalue weighted by molar-refractivity contribution is 0.375. The molecule has 18 heavy (non-hydrogen) atoms. The summed E-state index contributed by atoms with van der Waals surface area (Å²) < 4.78 is 14.4. The Bertz CT molecular complexity index is 533. The molecule has 0 bridgehead atoms. The van der Waals surface area contributed by atoms with Crippen molar-refractivity contribution in [3.05, 3.63) is 0 Å². The van der Waals surface area contributed by atoms with Gasteiger partial charge in [0, 0.05) is 34.7 Å². The first-order valence-corrected chi connectivity index (χ1v) is 20.5. The summed E-state index contributed by atoms with van der Waals surface area (Å²) in [7, 11) is 6.38. The Morgan fingerprint density at radius 1 is 1.22 bits per heavy atom. The van der Waals surface area contributed by atoms with Crippen molar-refractivity contribution in [2.45, 2.75) is 13.3 Å². The minimum Gasteiger partial charge on any atom is -0.320 e. The van der Waals surface area contributed by atoms with E-state index in [1.54, 1.807) is 0 Å². The van der Waals surface area contributed by atoms with Crippen LogP contribution in [0.3, 0.4) is 0 Å². The van der Waals surface area contributed by atoms with Crippen molar-refractivity contribution in [1.29, 1.82) is 0 Å². The first-order valence-electron chi connectivity index (χ1n) is 3.85. The molecule has 15 heteroatoms. The molecule has 1 N–H and O–H groups in total. The second-order valence-corrected chi connectivity index (χ2v) is 30.5. The monoisotopic (exact) mass is 492 g/mol. The molecule has 0 saturated carbocycles. The van der Waals surface area contributed by atoms with E-state index in [1.165, 1.54) is 47.2 Å². The largest absolute Gasteiger partial charge is 0.320 e. The van der Waals surface area contributed by atoms with E-state index in [0.717, 1.165) is 6.42 Å². The average molecular weight is 493 g/mol. The van der Waals surface area contributed by atoms with Crippen LogP contribution in [0.1, 0.15) is 13.3 Å². The van der Waals surface area contributed by atoms with Crippen LogP contribution in [0.4, 0.5) is 0 Å². The number of rotatable bonds is 8. The van der Waals surface area contributed by atoms with Crippen LogP contribution in [0.5, 0.6) is 0 Å². The van der Waals surface area contributed by atoms with Crippen LogP contribution in [0.25, 0.3) is 0 Å². The van der Waals surface area contributed by atoms with Crippen molar-refractivity contribution in [3.8, 4) is 0 Å². The van der Waals surface area contributed by atoms with Gasteiger partial charge in [-0.15, -0.1) is 0 Å². The zero-order valence-electron chi connectivity index (χ0n) is 8.58. The van der Waals surface area contributed by atoms with Gasteiger partial charge in [-0.3, -0.25) is 0 Å². The molecule has 0 rings (SSSR count). The van der Waals surface area contributed by atoms with Gasteiger partial charge in [0.2, 0.25) is 0 Å². The van der Waals surface area contributed by atoms with Crippen molar-refractivity contribution in [2.75, 3.05) is 6.61 Å².